The lowest BCUT2D eigenvalue weighted by molar-refractivity contribution is 0.494. The van der Waals surface area contributed by atoms with Gasteiger partial charge in [-0.2, -0.15) is 0 Å². The third kappa shape index (κ3) is 2.08. The van der Waals surface area contributed by atoms with Crippen molar-refractivity contribution < 1.29 is 4.39 Å². The minimum absolute atomic E-state index is 0.153. The summed E-state index contributed by atoms with van der Waals surface area (Å²) in [7, 11) is 4.59. The summed E-state index contributed by atoms with van der Waals surface area (Å²) in [5.41, 5.74) is -0.804. The van der Waals surface area contributed by atoms with E-state index in [9.17, 15) is 14.0 Å². The van der Waals surface area contributed by atoms with E-state index in [0.29, 0.717) is 5.82 Å². The lowest BCUT2D eigenvalue weighted by Gasteiger charge is -2.20. The third-order valence-corrected chi connectivity index (χ3v) is 2.31. The first-order chi connectivity index (χ1) is 6.99. The lowest BCUT2D eigenvalue weighted by Crippen LogP contribution is -2.39. The fourth-order valence-corrected chi connectivity index (χ4v) is 1.33. The zero-order valence-corrected chi connectivity index (χ0v) is 9.03. The Morgan fingerprint density at radius 2 is 1.93 bits per heavy atom. The number of hydrogen-bond donors (Lipinski definition) is 0. The molecular weight excluding hydrogens is 201 g/mol. The Bertz CT molecular complexity index is 463. The van der Waals surface area contributed by atoms with Crippen molar-refractivity contribution in [1.82, 2.24) is 9.13 Å². The molecule has 0 saturated carbocycles. The molecule has 0 bridgehead atoms. The topological polar surface area (TPSA) is 47.2 Å². The Morgan fingerprint density at radius 1 is 1.33 bits per heavy atom. The number of nitrogens with zero attached hydrogens (tertiary/aromatic N) is 3. The van der Waals surface area contributed by atoms with E-state index in [1.807, 2.05) is 0 Å². The molecule has 0 aliphatic heterocycles. The molecule has 0 atom stereocenters. The monoisotopic (exact) mass is 215 g/mol. The van der Waals surface area contributed by atoms with E-state index in [4.69, 9.17) is 0 Å². The number of alkyl halides is 1. The predicted molar refractivity (Wildman–Crippen MR) is 56.2 cm³/mol. The van der Waals surface area contributed by atoms with E-state index in [0.717, 1.165) is 4.57 Å². The maximum Gasteiger partial charge on any atom is 0.332 e. The second-order valence-electron chi connectivity index (χ2n) is 3.35. The molecule has 1 rings (SSSR count). The second-order valence-corrected chi connectivity index (χ2v) is 3.35. The number of halogens is 1. The molecule has 0 spiro atoms. The number of rotatable bonds is 3. The maximum absolute atomic E-state index is 12.1. The third-order valence-electron chi connectivity index (χ3n) is 2.31. The highest BCUT2D eigenvalue weighted by Gasteiger charge is 2.09. The van der Waals surface area contributed by atoms with Gasteiger partial charge in [-0.25, -0.2) is 9.18 Å². The number of anilines is 1. The molecule has 0 aromatic carbocycles. The average Bonchev–Trinajstić information content (AvgIpc) is 2.20. The first-order valence-corrected chi connectivity index (χ1v) is 4.53. The van der Waals surface area contributed by atoms with Gasteiger partial charge in [-0.1, -0.05) is 0 Å². The zero-order chi connectivity index (χ0) is 11.6. The van der Waals surface area contributed by atoms with Crippen molar-refractivity contribution in [2.75, 3.05) is 25.2 Å². The van der Waals surface area contributed by atoms with E-state index < -0.39 is 12.4 Å². The van der Waals surface area contributed by atoms with Gasteiger partial charge in [0, 0.05) is 33.8 Å². The fourth-order valence-electron chi connectivity index (χ4n) is 1.33. The van der Waals surface area contributed by atoms with Crippen molar-refractivity contribution in [3.63, 3.8) is 0 Å². The van der Waals surface area contributed by atoms with E-state index in [1.165, 1.54) is 22.6 Å². The van der Waals surface area contributed by atoms with E-state index in [2.05, 4.69) is 0 Å². The molecule has 15 heavy (non-hydrogen) atoms. The standard InChI is InChI=1S/C9H14FN3O2/c1-11(5-4-10)7-6-8(14)13(3)9(15)12(7)2/h6H,4-5H2,1-3H3. The molecule has 1 heterocycles. The van der Waals surface area contributed by atoms with Gasteiger partial charge in [0.1, 0.15) is 12.5 Å². The van der Waals surface area contributed by atoms with Gasteiger partial charge >= 0.3 is 5.69 Å². The molecule has 0 aliphatic rings. The maximum atomic E-state index is 12.1. The van der Waals surface area contributed by atoms with Crippen molar-refractivity contribution in [2.45, 2.75) is 0 Å². The van der Waals surface area contributed by atoms with Gasteiger partial charge in [0.05, 0.1) is 0 Å². The molecule has 0 unspecified atom stereocenters. The zero-order valence-electron chi connectivity index (χ0n) is 9.03. The molecule has 1 aromatic rings. The Morgan fingerprint density at radius 3 is 2.47 bits per heavy atom. The van der Waals surface area contributed by atoms with E-state index in [1.54, 1.807) is 14.1 Å². The smallest absolute Gasteiger partial charge is 0.332 e. The molecular formula is C9H14FN3O2. The SMILES string of the molecule is CN(CCF)c1cc(=O)n(C)c(=O)n1C. The van der Waals surface area contributed by atoms with Crippen LogP contribution >= 0.6 is 0 Å². The van der Waals surface area contributed by atoms with Gasteiger partial charge in [0.2, 0.25) is 0 Å². The Balaban J connectivity index is 3.32. The van der Waals surface area contributed by atoms with Crippen LogP contribution < -0.4 is 16.1 Å². The van der Waals surface area contributed by atoms with Crippen LogP contribution in [0.15, 0.2) is 15.7 Å². The van der Waals surface area contributed by atoms with E-state index >= 15 is 0 Å². The molecule has 0 N–H and O–H groups in total. The van der Waals surface area contributed by atoms with Crippen molar-refractivity contribution in [2.24, 2.45) is 14.1 Å². The quantitative estimate of drug-likeness (QED) is 0.682. The predicted octanol–water partition coefficient (Wildman–Crippen LogP) is -0.510. The summed E-state index contributed by atoms with van der Waals surface area (Å²) in [5, 5.41) is 0. The highest BCUT2D eigenvalue weighted by atomic mass is 19.1. The fraction of sp³-hybridized carbons (Fsp3) is 0.556. The number of aromatic nitrogens is 2. The van der Waals surface area contributed by atoms with Gasteiger partial charge < -0.3 is 4.90 Å². The van der Waals surface area contributed by atoms with Gasteiger partial charge in [0.15, 0.2) is 0 Å². The summed E-state index contributed by atoms with van der Waals surface area (Å²) in [6.45, 7) is -0.375. The molecule has 84 valence electrons. The molecule has 6 heteroatoms. The summed E-state index contributed by atoms with van der Waals surface area (Å²) >= 11 is 0. The lowest BCUT2D eigenvalue weighted by atomic mass is 10.4. The van der Waals surface area contributed by atoms with Crippen LogP contribution in [0, 0.1) is 0 Å². The molecule has 0 aliphatic carbocycles. The minimum atomic E-state index is -0.528. The summed E-state index contributed by atoms with van der Waals surface area (Å²) < 4.78 is 14.5. The van der Waals surface area contributed by atoms with Crippen LogP contribution in [0.1, 0.15) is 0 Å². The van der Waals surface area contributed by atoms with Crippen LogP contribution in [-0.4, -0.2) is 29.4 Å². The molecule has 0 radical (unpaired) electrons. The average molecular weight is 215 g/mol. The summed E-state index contributed by atoms with van der Waals surface area (Å²) in [6.07, 6.45) is 0. The van der Waals surface area contributed by atoms with Crippen LogP contribution in [0.25, 0.3) is 0 Å². The Hall–Kier alpha value is -1.59. The molecule has 5 nitrogen and oxygen atoms in total. The minimum Gasteiger partial charge on any atom is -0.358 e. The van der Waals surface area contributed by atoms with Gasteiger partial charge in [-0.15, -0.1) is 0 Å². The largest absolute Gasteiger partial charge is 0.358 e. The van der Waals surface area contributed by atoms with Crippen molar-refractivity contribution in [3.05, 3.63) is 26.9 Å². The highest BCUT2D eigenvalue weighted by Crippen LogP contribution is 2.04. The van der Waals surface area contributed by atoms with Crippen LogP contribution in [-0.2, 0) is 14.1 Å². The van der Waals surface area contributed by atoms with Crippen molar-refractivity contribution >= 4 is 5.82 Å². The Labute approximate surface area is 86.4 Å². The molecule has 1 aromatic heterocycles. The van der Waals surface area contributed by atoms with Crippen molar-refractivity contribution in [3.8, 4) is 0 Å². The normalized spacial score (nSPS) is 10.4. The van der Waals surface area contributed by atoms with Crippen molar-refractivity contribution in [1.29, 1.82) is 0 Å². The molecule has 0 saturated heterocycles. The summed E-state index contributed by atoms with van der Waals surface area (Å²) in [5.74, 6) is 0.417. The van der Waals surface area contributed by atoms with E-state index in [-0.39, 0.29) is 12.1 Å². The van der Waals surface area contributed by atoms with Crippen LogP contribution in [0.3, 0.4) is 0 Å². The first kappa shape index (κ1) is 11.5. The van der Waals surface area contributed by atoms with Gasteiger partial charge in [-0.05, 0) is 0 Å². The summed E-state index contributed by atoms with van der Waals surface area (Å²) in [6, 6.07) is 1.32. The van der Waals surface area contributed by atoms with Crippen LogP contribution in [0.4, 0.5) is 10.2 Å². The molecule has 0 fully saturated rings. The Kier molecular flexibility index (Phi) is 3.28. The highest BCUT2D eigenvalue weighted by molar-refractivity contribution is 5.36. The second kappa shape index (κ2) is 4.29. The van der Waals surface area contributed by atoms with Gasteiger partial charge in [-0.3, -0.25) is 13.9 Å². The van der Waals surface area contributed by atoms with Gasteiger partial charge in [0.25, 0.3) is 5.56 Å². The van der Waals surface area contributed by atoms with Crippen LogP contribution in [0.2, 0.25) is 0 Å². The molecule has 0 amide bonds. The van der Waals surface area contributed by atoms with Crippen LogP contribution in [0.5, 0.6) is 0 Å². The first-order valence-electron chi connectivity index (χ1n) is 4.53. The number of hydrogen-bond acceptors (Lipinski definition) is 3. The summed E-state index contributed by atoms with van der Waals surface area (Å²) in [4.78, 5) is 24.4.